The Labute approximate surface area is 156 Å². The molecule has 7 nitrogen and oxygen atoms in total. The summed E-state index contributed by atoms with van der Waals surface area (Å²) in [7, 11) is 0. The Bertz CT molecular complexity index is 952. The Hall–Kier alpha value is -2.93. The van der Waals surface area contributed by atoms with Gasteiger partial charge in [0.05, 0.1) is 17.1 Å². The number of carbonyl (C=O) groups excluding carboxylic acids is 1. The monoisotopic (exact) mass is 369 g/mol. The van der Waals surface area contributed by atoms with Crippen molar-refractivity contribution in [2.45, 2.75) is 39.4 Å². The van der Waals surface area contributed by atoms with E-state index >= 15 is 0 Å². The van der Waals surface area contributed by atoms with Crippen LogP contribution in [-0.4, -0.2) is 17.5 Å². The minimum absolute atomic E-state index is 0.0414. The molecule has 0 spiro atoms. The van der Waals surface area contributed by atoms with Crippen LogP contribution in [0.2, 0.25) is 0 Å². The van der Waals surface area contributed by atoms with Crippen molar-refractivity contribution in [1.82, 2.24) is 0 Å². The predicted octanol–water partition coefficient (Wildman–Crippen LogP) is 4.04. The van der Waals surface area contributed by atoms with Gasteiger partial charge in [0.25, 0.3) is 5.69 Å². The Kier molecular flexibility index (Phi) is 4.31. The van der Waals surface area contributed by atoms with Gasteiger partial charge in [-0.1, -0.05) is 13.0 Å². The highest BCUT2D eigenvalue weighted by Gasteiger charge is 2.31. The third-order valence-corrected chi connectivity index (χ3v) is 5.05. The van der Waals surface area contributed by atoms with Crippen LogP contribution in [0.25, 0.3) is 0 Å². The van der Waals surface area contributed by atoms with Gasteiger partial charge >= 0.3 is 0 Å². The summed E-state index contributed by atoms with van der Waals surface area (Å²) in [5, 5.41) is 11.2. The molecule has 0 saturated heterocycles. The average Bonchev–Trinajstić information content (AvgIpc) is 2.96. The molecule has 1 aliphatic heterocycles. The van der Waals surface area contributed by atoms with Crippen LogP contribution in [0, 0.1) is 17.0 Å². The maximum absolute atomic E-state index is 12.4. The predicted molar refractivity (Wildman–Crippen MR) is 96.3 cm³/mol. The molecule has 1 heterocycles. The van der Waals surface area contributed by atoms with E-state index in [-0.39, 0.29) is 37.4 Å². The van der Waals surface area contributed by atoms with Crippen LogP contribution in [0.3, 0.4) is 0 Å². The van der Waals surface area contributed by atoms with E-state index in [0.29, 0.717) is 34.6 Å². The van der Waals surface area contributed by atoms with Gasteiger partial charge in [-0.3, -0.25) is 14.9 Å². The number of carbonyl (C=O) groups is 1. The number of rotatable bonds is 4. The van der Waals surface area contributed by atoms with Crippen molar-refractivity contribution in [2.75, 3.05) is 6.79 Å². The van der Waals surface area contributed by atoms with E-state index in [2.05, 4.69) is 0 Å². The molecular formula is C20H19NO6. The van der Waals surface area contributed by atoms with E-state index in [1.54, 1.807) is 6.07 Å². The molecule has 7 heteroatoms. The van der Waals surface area contributed by atoms with Crippen LogP contribution in [0.4, 0.5) is 5.69 Å². The third-order valence-electron chi connectivity index (χ3n) is 5.05. The first-order valence-corrected chi connectivity index (χ1v) is 8.76. The van der Waals surface area contributed by atoms with E-state index in [4.69, 9.17) is 14.2 Å². The fourth-order valence-electron chi connectivity index (χ4n) is 3.88. The van der Waals surface area contributed by atoms with Gasteiger partial charge in [-0.15, -0.1) is 0 Å². The van der Waals surface area contributed by atoms with E-state index in [0.717, 1.165) is 11.1 Å². The lowest BCUT2D eigenvalue weighted by atomic mass is 9.97. The van der Waals surface area contributed by atoms with Crippen molar-refractivity contribution >= 4 is 11.5 Å². The van der Waals surface area contributed by atoms with Crippen LogP contribution >= 0.6 is 0 Å². The molecule has 2 aromatic rings. The molecule has 0 fully saturated rings. The van der Waals surface area contributed by atoms with Gasteiger partial charge in [-0.05, 0) is 30.0 Å². The quantitative estimate of drug-likeness (QED) is 0.597. The second kappa shape index (κ2) is 6.66. The van der Waals surface area contributed by atoms with Crippen molar-refractivity contribution in [3.8, 4) is 11.5 Å². The number of hydrogen-bond acceptors (Lipinski definition) is 6. The highest BCUT2D eigenvalue weighted by molar-refractivity contribution is 6.04. The van der Waals surface area contributed by atoms with Gasteiger partial charge in [-0.25, -0.2) is 0 Å². The molecule has 0 bridgehead atoms. The van der Waals surface area contributed by atoms with Crippen molar-refractivity contribution < 1.29 is 23.9 Å². The van der Waals surface area contributed by atoms with E-state index in [9.17, 15) is 14.9 Å². The highest BCUT2D eigenvalue weighted by atomic mass is 16.7. The number of nitrogens with zero attached hydrogens (tertiary/aromatic N) is 1. The summed E-state index contributed by atoms with van der Waals surface area (Å²) in [5.41, 5.74) is 3.88. The van der Waals surface area contributed by atoms with Crippen LogP contribution in [0.15, 0.2) is 24.3 Å². The summed E-state index contributed by atoms with van der Waals surface area (Å²) in [6, 6.07) is 6.63. The third kappa shape index (κ3) is 3.04. The van der Waals surface area contributed by atoms with Crippen molar-refractivity contribution in [2.24, 2.45) is 0 Å². The molecular weight excluding hydrogens is 350 g/mol. The van der Waals surface area contributed by atoms with Gasteiger partial charge in [0.2, 0.25) is 0 Å². The molecule has 1 atom stereocenters. The Morgan fingerprint density at radius 1 is 1.33 bits per heavy atom. The van der Waals surface area contributed by atoms with Gasteiger partial charge in [0.15, 0.2) is 12.6 Å². The summed E-state index contributed by atoms with van der Waals surface area (Å²) in [4.78, 5) is 23.2. The Balaban J connectivity index is 1.68. The molecule has 1 aliphatic carbocycles. The molecule has 4 rings (SSSR count). The van der Waals surface area contributed by atoms with E-state index in [1.165, 1.54) is 12.1 Å². The topological polar surface area (TPSA) is 87.9 Å². The smallest absolute Gasteiger partial charge is 0.270 e. The first-order chi connectivity index (χ1) is 13.0. The second-order valence-electron chi connectivity index (χ2n) is 6.95. The van der Waals surface area contributed by atoms with E-state index in [1.807, 2.05) is 19.9 Å². The lowest BCUT2D eigenvalue weighted by Crippen LogP contribution is -2.14. The number of ether oxygens (including phenoxy) is 3. The second-order valence-corrected chi connectivity index (χ2v) is 6.95. The lowest BCUT2D eigenvalue weighted by molar-refractivity contribution is -0.385. The van der Waals surface area contributed by atoms with Crippen molar-refractivity contribution in [3.63, 3.8) is 0 Å². The van der Waals surface area contributed by atoms with Gasteiger partial charge < -0.3 is 14.2 Å². The van der Waals surface area contributed by atoms with Crippen LogP contribution in [-0.2, 0) is 18.0 Å². The number of ketones is 1. The first-order valence-electron chi connectivity index (χ1n) is 8.76. The van der Waals surface area contributed by atoms with Crippen molar-refractivity contribution in [1.29, 1.82) is 0 Å². The molecule has 140 valence electrons. The summed E-state index contributed by atoms with van der Waals surface area (Å²) in [5.74, 6) is 1.30. The standard InChI is InChI=1S/C20H19NO6/c1-11-3-4-17(19-16(22)5-12(2)18(11)19)26-9-14-7-15(21(23)24)6-13-8-25-10-27-20(13)14/h3-4,6-7,12H,5,8-10H2,1-2H3. The molecule has 2 aromatic carbocycles. The molecule has 0 aromatic heterocycles. The minimum Gasteiger partial charge on any atom is -0.488 e. The largest absolute Gasteiger partial charge is 0.488 e. The maximum atomic E-state index is 12.4. The van der Waals surface area contributed by atoms with Crippen LogP contribution in [0.5, 0.6) is 11.5 Å². The van der Waals surface area contributed by atoms with Crippen molar-refractivity contribution in [3.05, 3.63) is 62.2 Å². The molecule has 27 heavy (non-hydrogen) atoms. The fourth-order valence-corrected chi connectivity index (χ4v) is 3.88. The molecule has 0 radical (unpaired) electrons. The normalized spacial score (nSPS) is 17.9. The molecule has 2 aliphatic rings. The molecule has 0 amide bonds. The summed E-state index contributed by atoms with van der Waals surface area (Å²) < 4.78 is 16.7. The lowest BCUT2D eigenvalue weighted by Gasteiger charge is -2.21. The molecule has 0 saturated carbocycles. The number of nitro groups is 1. The number of Topliss-reactive ketones (excluding diaryl/α,β-unsaturated/α-hetero) is 1. The number of nitro benzene ring substituents is 1. The summed E-state index contributed by atoms with van der Waals surface area (Å²) in [6.07, 6.45) is 0.475. The van der Waals surface area contributed by atoms with E-state index < -0.39 is 4.92 Å². The number of fused-ring (bicyclic) bond motifs is 2. The first kappa shape index (κ1) is 17.5. The molecule has 1 unspecified atom stereocenters. The number of non-ortho nitro benzene ring substituents is 1. The van der Waals surface area contributed by atoms with Gasteiger partial charge in [0, 0.05) is 29.7 Å². The van der Waals surface area contributed by atoms with Gasteiger partial charge in [-0.2, -0.15) is 0 Å². The Morgan fingerprint density at radius 3 is 2.93 bits per heavy atom. The Morgan fingerprint density at radius 2 is 2.15 bits per heavy atom. The van der Waals surface area contributed by atoms with Crippen LogP contribution in [0.1, 0.15) is 51.9 Å². The number of benzene rings is 2. The highest BCUT2D eigenvalue weighted by Crippen LogP contribution is 2.41. The minimum atomic E-state index is -0.451. The van der Waals surface area contributed by atoms with Gasteiger partial charge in [0.1, 0.15) is 18.1 Å². The summed E-state index contributed by atoms with van der Waals surface area (Å²) >= 11 is 0. The number of hydrogen-bond donors (Lipinski definition) is 0. The molecule has 0 N–H and O–H groups in total. The number of aryl methyl sites for hydroxylation is 1. The zero-order valence-electron chi connectivity index (χ0n) is 15.1. The fraction of sp³-hybridized carbons (Fsp3) is 0.350. The summed E-state index contributed by atoms with van der Waals surface area (Å²) in [6.45, 7) is 4.43. The zero-order chi connectivity index (χ0) is 19.1. The zero-order valence-corrected chi connectivity index (χ0v) is 15.1. The average molecular weight is 369 g/mol. The SMILES string of the molecule is Cc1ccc(OCc2cc([N+](=O)[O-])cc3c2OCOC3)c2c1C(C)CC2=O. The maximum Gasteiger partial charge on any atom is 0.270 e. The van der Waals surface area contributed by atoms with Crippen LogP contribution < -0.4 is 9.47 Å².